The minimum Gasteiger partial charge on any atom is -0.463 e. The summed E-state index contributed by atoms with van der Waals surface area (Å²) >= 11 is 0. The molecule has 3 nitrogen and oxygen atoms in total. The van der Waals surface area contributed by atoms with Crippen LogP contribution in [0.2, 0.25) is 0 Å². The van der Waals surface area contributed by atoms with Gasteiger partial charge in [0.15, 0.2) is 0 Å². The van der Waals surface area contributed by atoms with E-state index in [4.69, 9.17) is 9.84 Å². The van der Waals surface area contributed by atoms with E-state index in [1.54, 1.807) is 0 Å². The van der Waals surface area contributed by atoms with Gasteiger partial charge in [0.2, 0.25) is 0 Å². The van der Waals surface area contributed by atoms with E-state index in [0.717, 1.165) is 20.0 Å². The van der Waals surface area contributed by atoms with Gasteiger partial charge in [-0.1, -0.05) is 0 Å². The number of ether oxygens (including phenoxy) is 1. The van der Waals surface area contributed by atoms with Crippen LogP contribution in [0.15, 0.2) is 0 Å². The number of carbonyl (C=O) groups is 1. The molecule has 1 fully saturated rings. The van der Waals surface area contributed by atoms with Crippen LogP contribution in [0, 0.1) is 0 Å². The van der Waals surface area contributed by atoms with Gasteiger partial charge in [0, 0.05) is 13.5 Å². The Bertz CT molecular complexity index is 101. The van der Waals surface area contributed by atoms with Crippen molar-refractivity contribution in [2.75, 3.05) is 7.11 Å². The summed E-state index contributed by atoms with van der Waals surface area (Å²) in [4.78, 5) is 10.5. The third-order valence-electron chi connectivity index (χ3n) is 1.32. The zero-order valence-electron chi connectivity index (χ0n) is 6.46. The normalized spacial score (nSPS) is 24.3. The molecule has 1 rings (SSSR count). The van der Waals surface area contributed by atoms with E-state index < -0.39 is 0 Å². The highest BCUT2D eigenvalue weighted by Gasteiger charge is 2.14. The van der Waals surface area contributed by atoms with Crippen molar-refractivity contribution in [2.45, 2.75) is 32.3 Å². The van der Waals surface area contributed by atoms with Gasteiger partial charge < -0.3 is 9.84 Å². The summed E-state index contributed by atoms with van der Waals surface area (Å²) in [5, 5.41) is 7.00. The second-order valence-electron chi connectivity index (χ2n) is 2.19. The van der Waals surface area contributed by atoms with Crippen LogP contribution in [0.5, 0.6) is 0 Å². The van der Waals surface area contributed by atoms with Crippen molar-refractivity contribution in [3.05, 3.63) is 0 Å². The summed E-state index contributed by atoms with van der Waals surface area (Å²) in [6, 6.07) is 0. The largest absolute Gasteiger partial charge is 0.463 e. The molecular weight excluding hydrogens is 132 g/mol. The first-order valence-corrected chi connectivity index (χ1v) is 3.43. The number of carbonyl (C=O) groups excluding carboxylic acids is 1. The summed E-state index contributed by atoms with van der Waals surface area (Å²) in [5.41, 5.74) is 0. The average molecular weight is 146 g/mol. The van der Waals surface area contributed by atoms with E-state index >= 15 is 0 Å². The van der Waals surface area contributed by atoms with Gasteiger partial charge in [-0.2, -0.15) is 0 Å². The van der Waals surface area contributed by atoms with Crippen molar-refractivity contribution in [1.82, 2.24) is 0 Å². The van der Waals surface area contributed by atoms with Gasteiger partial charge in [-0.25, -0.2) is 0 Å². The molecule has 0 bridgehead atoms. The topological polar surface area (TPSA) is 46.5 Å². The Kier molecular flexibility index (Phi) is 4.94. The Balaban J connectivity index is 0.000000371. The van der Waals surface area contributed by atoms with Gasteiger partial charge in [-0.3, -0.25) is 4.79 Å². The number of hydrogen-bond acceptors (Lipinski definition) is 3. The molecule has 0 spiro atoms. The van der Waals surface area contributed by atoms with E-state index in [0.29, 0.717) is 6.42 Å². The molecule has 1 N–H and O–H groups in total. The minimum absolute atomic E-state index is 0.0382. The van der Waals surface area contributed by atoms with Crippen molar-refractivity contribution in [1.29, 1.82) is 0 Å². The Labute approximate surface area is 61.0 Å². The molecule has 60 valence electrons. The summed E-state index contributed by atoms with van der Waals surface area (Å²) < 4.78 is 4.85. The second-order valence-corrected chi connectivity index (χ2v) is 2.19. The average Bonchev–Trinajstić information content (AvgIpc) is 1.91. The standard InChI is InChI=1S/C6H10O2.CH4O/c1-5-3-2-4-6(7)8-5;1-2/h5H,2-4H2,1H3;2H,1H3. The zero-order valence-corrected chi connectivity index (χ0v) is 6.46. The van der Waals surface area contributed by atoms with Gasteiger partial charge in [-0.15, -0.1) is 0 Å². The molecule has 1 aliphatic rings. The Morgan fingerprint density at radius 1 is 1.60 bits per heavy atom. The lowest BCUT2D eigenvalue weighted by atomic mass is 10.1. The van der Waals surface area contributed by atoms with Crippen LogP contribution in [0.3, 0.4) is 0 Å². The smallest absolute Gasteiger partial charge is 0.306 e. The molecule has 0 aromatic heterocycles. The molecule has 10 heavy (non-hydrogen) atoms. The fourth-order valence-electron chi connectivity index (χ4n) is 0.876. The quantitative estimate of drug-likeness (QED) is 0.512. The van der Waals surface area contributed by atoms with Crippen molar-refractivity contribution in [3.8, 4) is 0 Å². The molecule has 1 aliphatic heterocycles. The predicted molar refractivity (Wildman–Crippen MR) is 37.5 cm³/mol. The fraction of sp³-hybridized carbons (Fsp3) is 0.857. The molecule has 1 heterocycles. The summed E-state index contributed by atoms with van der Waals surface area (Å²) in [6.45, 7) is 1.93. The lowest BCUT2D eigenvalue weighted by Gasteiger charge is -2.17. The Hall–Kier alpha value is -0.570. The summed E-state index contributed by atoms with van der Waals surface area (Å²) in [5.74, 6) is -0.0382. The molecule has 0 aromatic rings. The predicted octanol–water partition coefficient (Wildman–Crippen LogP) is 0.710. The first-order valence-electron chi connectivity index (χ1n) is 3.43. The zero-order chi connectivity index (χ0) is 7.98. The number of hydrogen-bond donors (Lipinski definition) is 1. The number of cyclic esters (lactones) is 1. The van der Waals surface area contributed by atoms with Crippen LogP contribution in [0.1, 0.15) is 26.2 Å². The van der Waals surface area contributed by atoms with Crippen LogP contribution in [-0.2, 0) is 9.53 Å². The van der Waals surface area contributed by atoms with Crippen LogP contribution in [-0.4, -0.2) is 24.3 Å². The number of rotatable bonds is 0. The molecule has 0 aromatic carbocycles. The maximum atomic E-state index is 10.5. The molecule has 1 atom stereocenters. The first kappa shape index (κ1) is 9.43. The van der Waals surface area contributed by atoms with Crippen molar-refractivity contribution in [3.63, 3.8) is 0 Å². The lowest BCUT2D eigenvalue weighted by Crippen LogP contribution is -2.19. The van der Waals surface area contributed by atoms with Crippen molar-refractivity contribution < 1.29 is 14.6 Å². The number of aliphatic hydroxyl groups is 1. The molecule has 1 unspecified atom stereocenters. The van der Waals surface area contributed by atoms with Crippen molar-refractivity contribution >= 4 is 5.97 Å². The highest BCUT2D eigenvalue weighted by molar-refractivity contribution is 5.70. The SMILES string of the molecule is CC1CCCC(=O)O1.CO. The summed E-state index contributed by atoms with van der Waals surface area (Å²) in [7, 11) is 1.00. The fourth-order valence-corrected chi connectivity index (χ4v) is 0.876. The Morgan fingerprint density at radius 2 is 2.20 bits per heavy atom. The van der Waals surface area contributed by atoms with E-state index in [1.165, 1.54) is 0 Å². The molecule has 1 saturated heterocycles. The number of aliphatic hydroxyl groups excluding tert-OH is 1. The van der Waals surface area contributed by atoms with Crippen LogP contribution in [0.4, 0.5) is 0 Å². The Morgan fingerprint density at radius 3 is 2.50 bits per heavy atom. The number of esters is 1. The van der Waals surface area contributed by atoms with Gasteiger partial charge in [0.25, 0.3) is 0 Å². The van der Waals surface area contributed by atoms with Gasteiger partial charge in [0.05, 0.1) is 6.10 Å². The molecule has 0 amide bonds. The third-order valence-corrected chi connectivity index (χ3v) is 1.32. The van der Waals surface area contributed by atoms with Gasteiger partial charge in [0.1, 0.15) is 0 Å². The minimum atomic E-state index is -0.0382. The maximum Gasteiger partial charge on any atom is 0.306 e. The van der Waals surface area contributed by atoms with Gasteiger partial charge >= 0.3 is 5.97 Å². The molecule has 0 aliphatic carbocycles. The van der Waals surface area contributed by atoms with E-state index in [9.17, 15) is 4.79 Å². The van der Waals surface area contributed by atoms with Crippen LogP contribution >= 0.6 is 0 Å². The lowest BCUT2D eigenvalue weighted by molar-refractivity contribution is -0.152. The molecule has 3 heteroatoms. The third kappa shape index (κ3) is 3.45. The van der Waals surface area contributed by atoms with Gasteiger partial charge in [-0.05, 0) is 19.8 Å². The monoisotopic (exact) mass is 146 g/mol. The maximum absolute atomic E-state index is 10.5. The molecule has 0 saturated carbocycles. The van der Waals surface area contributed by atoms with E-state index in [1.807, 2.05) is 6.92 Å². The molecule has 0 radical (unpaired) electrons. The second kappa shape index (κ2) is 5.23. The highest BCUT2D eigenvalue weighted by atomic mass is 16.5. The highest BCUT2D eigenvalue weighted by Crippen LogP contribution is 2.12. The summed E-state index contributed by atoms with van der Waals surface area (Å²) in [6.07, 6.45) is 2.81. The van der Waals surface area contributed by atoms with Crippen LogP contribution in [0.25, 0.3) is 0 Å². The first-order chi connectivity index (χ1) is 4.79. The van der Waals surface area contributed by atoms with E-state index in [2.05, 4.69) is 0 Å². The van der Waals surface area contributed by atoms with Crippen LogP contribution < -0.4 is 0 Å². The molecular formula is C7H14O3. The van der Waals surface area contributed by atoms with E-state index in [-0.39, 0.29) is 12.1 Å². The van der Waals surface area contributed by atoms with Crippen molar-refractivity contribution in [2.24, 2.45) is 0 Å².